The van der Waals surface area contributed by atoms with Gasteiger partial charge in [0.25, 0.3) is 11.5 Å². The number of hydrogen-bond donors (Lipinski definition) is 1. The Bertz CT molecular complexity index is 674. The van der Waals surface area contributed by atoms with E-state index in [-0.39, 0.29) is 17.2 Å². The van der Waals surface area contributed by atoms with Gasteiger partial charge in [-0.3, -0.25) is 14.0 Å². The Kier molecular flexibility index (Phi) is 3.03. The molecule has 5 nitrogen and oxygen atoms in total. The molecule has 0 aromatic carbocycles. The normalized spacial score (nSPS) is 15.2. The number of carbonyl (C=O) groups is 1. The van der Waals surface area contributed by atoms with Gasteiger partial charge < -0.3 is 5.32 Å². The summed E-state index contributed by atoms with van der Waals surface area (Å²) in [6.07, 6.45) is 5.24. The average Bonchev–Trinajstić information content (AvgIpc) is 2.36. The molecule has 2 aromatic heterocycles. The lowest BCUT2D eigenvalue weighted by molar-refractivity contribution is 0.0934. The van der Waals surface area contributed by atoms with Gasteiger partial charge in [0.05, 0.1) is 0 Å². The van der Waals surface area contributed by atoms with Gasteiger partial charge in [-0.1, -0.05) is 12.5 Å². The summed E-state index contributed by atoms with van der Waals surface area (Å²) in [5, 5.41) is 2.84. The molecule has 1 amide bonds. The zero-order valence-electron chi connectivity index (χ0n) is 10.5. The van der Waals surface area contributed by atoms with Crippen LogP contribution >= 0.6 is 0 Å². The molecule has 0 aliphatic heterocycles. The molecule has 19 heavy (non-hydrogen) atoms. The zero-order valence-corrected chi connectivity index (χ0v) is 10.5. The Hall–Kier alpha value is -2.17. The van der Waals surface area contributed by atoms with Crippen molar-refractivity contribution < 1.29 is 4.79 Å². The van der Waals surface area contributed by atoms with Crippen molar-refractivity contribution in [2.24, 2.45) is 5.92 Å². The van der Waals surface area contributed by atoms with E-state index in [2.05, 4.69) is 10.3 Å². The molecular formula is C14H15N3O2. The molecule has 2 heterocycles. The van der Waals surface area contributed by atoms with Gasteiger partial charge in [-0.05, 0) is 30.9 Å². The lowest BCUT2D eigenvalue weighted by Crippen LogP contribution is -2.33. The van der Waals surface area contributed by atoms with Gasteiger partial charge in [0, 0.05) is 18.8 Å². The van der Waals surface area contributed by atoms with Crippen LogP contribution in [0.25, 0.3) is 5.65 Å². The number of hydrogen-bond acceptors (Lipinski definition) is 3. The number of nitrogens with zero attached hydrogens (tertiary/aromatic N) is 2. The number of fused-ring (bicyclic) bond motifs is 1. The van der Waals surface area contributed by atoms with Crippen LogP contribution in [0.1, 0.15) is 29.8 Å². The predicted molar refractivity (Wildman–Crippen MR) is 71.1 cm³/mol. The molecule has 1 saturated carbocycles. The zero-order chi connectivity index (χ0) is 13.2. The van der Waals surface area contributed by atoms with E-state index in [0.717, 1.165) is 0 Å². The Morgan fingerprint density at radius 2 is 2.26 bits per heavy atom. The molecule has 1 aliphatic rings. The van der Waals surface area contributed by atoms with Gasteiger partial charge >= 0.3 is 0 Å². The molecule has 2 aromatic rings. The first-order valence-corrected chi connectivity index (χ1v) is 6.51. The van der Waals surface area contributed by atoms with E-state index in [1.54, 1.807) is 24.4 Å². The van der Waals surface area contributed by atoms with Crippen LogP contribution in [0.5, 0.6) is 0 Å². The van der Waals surface area contributed by atoms with Gasteiger partial charge in [-0.25, -0.2) is 4.98 Å². The fourth-order valence-electron chi connectivity index (χ4n) is 2.19. The second-order valence-electron chi connectivity index (χ2n) is 4.92. The Labute approximate surface area is 110 Å². The summed E-state index contributed by atoms with van der Waals surface area (Å²) >= 11 is 0. The van der Waals surface area contributed by atoms with E-state index in [0.29, 0.717) is 18.1 Å². The summed E-state index contributed by atoms with van der Waals surface area (Å²) in [6, 6.07) is 6.54. The van der Waals surface area contributed by atoms with Crippen molar-refractivity contribution in [1.82, 2.24) is 14.7 Å². The fourth-order valence-corrected chi connectivity index (χ4v) is 2.19. The van der Waals surface area contributed by atoms with E-state index < -0.39 is 0 Å². The molecule has 0 radical (unpaired) electrons. The van der Waals surface area contributed by atoms with E-state index in [4.69, 9.17) is 0 Å². The largest absolute Gasteiger partial charge is 0.350 e. The predicted octanol–water partition coefficient (Wildman–Crippen LogP) is 1.22. The molecule has 0 saturated heterocycles. The number of carbonyl (C=O) groups excluding carboxylic acids is 1. The monoisotopic (exact) mass is 257 g/mol. The smallest absolute Gasteiger partial charge is 0.270 e. The summed E-state index contributed by atoms with van der Waals surface area (Å²) in [5.74, 6) is 0.320. The topological polar surface area (TPSA) is 63.5 Å². The van der Waals surface area contributed by atoms with Crippen LogP contribution in [0.15, 0.2) is 35.3 Å². The van der Waals surface area contributed by atoms with Crippen LogP contribution in [-0.2, 0) is 0 Å². The second kappa shape index (κ2) is 4.84. The quantitative estimate of drug-likeness (QED) is 0.899. The van der Waals surface area contributed by atoms with Gasteiger partial charge in [-0.2, -0.15) is 0 Å². The van der Waals surface area contributed by atoms with Crippen LogP contribution in [0.3, 0.4) is 0 Å². The van der Waals surface area contributed by atoms with Gasteiger partial charge in [0.15, 0.2) is 0 Å². The van der Waals surface area contributed by atoms with Crippen LogP contribution in [-0.4, -0.2) is 21.8 Å². The molecular weight excluding hydrogens is 242 g/mol. The van der Waals surface area contributed by atoms with Gasteiger partial charge in [0.2, 0.25) is 0 Å². The standard InChI is InChI=1S/C14H15N3O2/c18-13-8-11(14(19)15-9-10-4-3-5-10)16-12-6-1-2-7-17(12)13/h1-2,6-8,10H,3-5,9H2,(H,15,19). The number of nitrogens with one attached hydrogen (secondary N) is 1. The van der Waals surface area contributed by atoms with Crippen molar-refractivity contribution >= 4 is 11.6 Å². The van der Waals surface area contributed by atoms with Gasteiger partial charge in [-0.15, -0.1) is 0 Å². The van der Waals surface area contributed by atoms with Crippen molar-refractivity contribution in [2.45, 2.75) is 19.3 Å². The molecule has 1 N–H and O–H groups in total. The van der Waals surface area contributed by atoms with E-state index >= 15 is 0 Å². The fraction of sp³-hybridized carbons (Fsp3) is 0.357. The second-order valence-corrected chi connectivity index (χ2v) is 4.92. The molecule has 0 unspecified atom stereocenters. The van der Waals surface area contributed by atoms with Gasteiger partial charge in [0.1, 0.15) is 11.3 Å². The molecule has 0 atom stereocenters. The minimum Gasteiger partial charge on any atom is -0.350 e. The van der Waals surface area contributed by atoms with E-state index in [1.807, 2.05) is 0 Å². The minimum absolute atomic E-state index is 0.190. The summed E-state index contributed by atoms with van der Waals surface area (Å²) in [6.45, 7) is 0.675. The summed E-state index contributed by atoms with van der Waals surface area (Å²) in [5.41, 5.74) is 0.443. The Morgan fingerprint density at radius 3 is 3.00 bits per heavy atom. The molecule has 0 bridgehead atoms. The lowest BCUT2D eigenvalue weighted by atomic mass is 9.85. The summed E-state index contributed by atoms with van der Waals surface area (Å²) < 4.78 is 1.42. The molecule has 1 aliphatic carbocycles. The third-order valence-electron chi connectivity index (χ3n) is 3.58. The van der Waals surface area contributed by atoms with Crippen LogP contribution in [0, 0.1) is 5.92 Å². The molecule has 3 rings (SSSR count). The maximum atomic E-state index is 12.0. The molecule has 1 fully saturated rings. The van der Waals surface area contributed by atoms with Crippen molar-refractivity contribution in [3.63, 3.8) is 0 Å². The molecule has 5 heteroatoms. The average molecular weight is 257 g/mol. The highest BCUT2D eigenvalue weighted by Gasteiger charge is 2.19. The number of aromatic nitrogens is 2. The SMILES string of the molecule is O=C(NCC1CCC1)c1cc(=O)n2ccccc2n1. The maximum absolute atomic E-state index is 12.0. The Balaban J connectivity index is 1.83. The highest BCUT2D eigenvalue weighted by atomic mass is 16.2. The summed E-state index contributed by atoms with van der Waals surface area (Å²) in [4.78, 5) is 28.0. The van der Waals surface area contributed by atoms with Crippen molar-refractivity contribution in [3.8, 4) is 0 Å². The first-order valence-electron chi connectivity index (χ1n) is 6.51. The minimum atomic E-state index is -0.268. The van der Waals surface area contributed by atoms with E-state index in [9.17, 15) is 9.59 Å². The number of rotatable bonds is 3. The van der Waals surface area contributed by atoms with E-state index in [1.165, 1.54) is 29.7 Å². The Morgan fingerprint density at radius 1 is 1.42 bits per heavy atom. The third kappa shape index (κ3) is 2.36. The first-order chi connectivity index (χ1) is 9.24. The maximum Gasteiger partial charge on any atom is 0.270 e. The van der Waals surface area contributed by atoms with Crippen molar-refractivity contribution in [3.05, 3.63) is 46.5 Å². The molecule has 0 spiro atoms. The third-order valence-corrected chi connectivity index (χ3v) is 3.58. The number of amides is 1. The number of pyridine rings is 1. The highest BCUT2D eigenvalue weighted by molar-refractivity contribution is 5.92. The highest BCUT2D eigenvalue weighted by Crippen LogP contribution is 2.25. The lowest BCUT2D eigenvalue weighted by Gasteiger charge is -2.25. The summed E-state index contributed by atoms with van der Waals surface area (Å²) in [7, 11) is 0. The van der Waals surface area contributed by atoms with Crippen molar-refractivity contribution in [1.29, 1.82) is 0 Å². The van der Waals surface area contributed by atoms with Crippen LogP contribution in [0.4, 0.5) is 0 Å². The molecule has 98 valence electrons. The first kappa shape index (κ1) is 11.9. The van der Waals surface area contributed by atoms with Crippen LogP contribution < -0.4 is 10.9 Å². The van der Waals surface area contributed by atoms with Crippen LogP contribution in [0.2, 0.25) is 0 Å². The van der Waals surface area contributed by atoms with Crippen molar-refractivity contribution in [2.75, 3.05) is 6.54 Å².